The third-order valence-electron chi connectivity index (χ3n) is 5.15. The van der Waals surface area contributed by atoms with Crippen molar-refractivity contribution in [1.82, 2.24) is 10.2 Å². The molecule has 0 spiro atoms. The number of amides is 2. The monoisotopic (exact) mass is 366 g/mol. The molecule has 0 unspecified atom stereocenters. The molecule has 0 fully saturated rings. The minimum atomic E-state index is -1.13. The van der Waals surface area contributed by atoms with Gasteiger partial charge in [0.15, 0.2) is 0 Å². The van der Waals surface area contributed by atoms with Crippen molar-refractivity contribution in [3.63, 3.8) is 0 Å². The van der Waals surface area contributed by atoms with Crippen LogP contribution in [0.3, 0.4) is 0 Å². The van der Waals surface area contributed by atoms with Crippen molar-refractivity contribution in [2.45, 2.75) is 33.4 Å². The van der Waals surface area contributed by atoms with E-state index in [0.29, 0.717) is 19.6 Å². The molecule has 1 aliphatic rings. The number of nitrogens with one attached hydrogen (secondary N) is 1. The smallest absolute Gasteiger partial charge is 0.238 e. The van der Waals surface area contributed by atoms with Crippen molar-refractivity contribution in [3.8, 4) is 5.75 Å². The lowest BCUT2D eigenvalue weighted by molar-refractivity contribution is -0.149. The second-order valence-corrected chi connectivity index (χ2v) is 7.36. The van der Waals surface area contributed by atoms with E-state index < -0.39 is 5.41 Å². The quantitative estimate of drug-likeness (QED) is 0.828. The average molecular weight is 366 g/mol. The van der Waals surface area contributed by atoms with Crippen molar-refractivity contribution >= 4 is 11.8 Å². The van der Waals surface area contributed by atoms with Crippen molar-refractivity contribution in [3.05, 3.63) is 65.2 Å². The second-order valence-electron chi connectivity index (χ2n) is 7.36. The molecule has 0 saturated heterocycles. The summed E-state index contributed by atoms with van der Waals surface area (Å²) >= 11 is 0. The number of benzene rings is 2. The van der Waals surface area contributed by atoms with Gasteiger partial charge < -0.3 is 15.0 Å². The van der Waals surface area contributed by atoms with E-state index in [9.17, 15) is 9.59 Å². The number of fused-ring (bicyclic) bond motifs is 1. The van der Waals surface area contributed by atoms with Crippen LogP contribution < -0.4 is 10.1 Å². The zero-order valence-corrected chi connectivity index (χ0v) is 16.1. The minimum Gasteiger partial charge on any atom is -0.496 e. The second kappa shape index (κ2) is 7.82. The molecule has 142 valence electrons. The van der Waals surface area contributed by atoms with E-state index in [1.165, 1.54) is 5.56 Å². The summed E-state index contributed by atoms with van der Waals surface area (Å²) in [4.78, 5) is 27.6. The number of para-hydroxylation sites is 1. The van der Waals surface area contributed by atoms with E-state index in [2.05, 4.69) is 11.4 Å². The Hall–Kier alpha value is -2.82. The maximum absolute atomic E-state index is 13.0. The molecule has 1 aliphatic heterocycles. The van der Waals surface area contributed by atoms with Crippen LogP contribution in [0.1, 0.15) is 30.5 Å². The number of hydrogen-bond donors (Lipinski definition) is 1. The molecule has 1 N–H and O–H groups in total. The fourth-order valence-electron chi connectivity index (χ4n) is 3.41. The molecule has 0 bridgehead atoms. The predicted octanol–water partition coefficient (Wildman–Crippen LogP) is 2.92. The number of carbonyl (C=O) groups is 2. The van der Waals surface area contributed by atoms with Gasteiger partial charge in [-0.3, -0.25) is 9.59 Å². The van der Waals surface area contributed by atoms with Crippen molar-refractivity contribution in [2.75, 3.05) is 13.7 Å². The molecule has 0 atom stereocenters. The van der Waals surface area contributed by atoms with Crippen molar-refractivity contribution < 1.29 is 14.3 Å². The Labute approximate surface area is 160 Å². The molecule has 5 heteroatoms. The summed E-state index contributed by atoms with van der Waals surface area (Å²) in [6.07, 6.45) is 0.820. The Bertz CT molecular complexity index is 845. The van der Waals surface area contributed by atoms with Crippen LogP contribution in [0.5, 0.6) is 5.75 Å². The first kappa shape index (κ1) is 19.0. The van der Waals surface area contributed by atoms with Gasteiger partial charge in [-0.1, -0.05) is 42.5 Å². The van der Waals surface area contributed by atoms with Crippen LogP contribution in [0.2, 0.25) is 0 Å². The normalized spacial score (nSPS) is 13.7. The third-order valence-corrected chi connectivity index (χ3v) is 5.15. The first-order valence-electron chi connectivity index (χ1n) is 9.20. The minimum absolute atomic E-state index is 0.144. The summed E-state index contributed by atoms with van der Waals surface area (Å²) in [5.41, 5.74) is 2.18. The summed E-state index contributed by atoms with van der Waals surface area (Å²) < 4.78 is 5.31. The summed E-state index contributed by atoms with van der Waals surface area (Å²) in [5.74, 6) is 0.293. The molecule has 0 aliphatic carbocycles. The Kier molecular flexibility index (Phi) is 5.49. The summed E-state index contributed by atoms with van der Waals surface area (Å²) in [5, 5.41) is 2.89. The van der Waals surface area contributed by atoms with E-state index >= 15 is 0 Å². The molecule has 1 heterocycles. The van der Waals surface area contributed by atoms with Crippen molar-refractivity contribution in [2.24, 2.45) is 5.41 Å². The highest BCUT2D eigenvalue weighted by Gasteiger charge is 2.39. The van der Waals surface area contributed by atoms with Gasteiger partial charge in [0.2, 0.25) is 11.8 Å². The highest BCUT2D eigenvalue weighted by Crippen LogP contribution is 2.26. The topological polar surface area (TPSA) is 58.6 Å². The Morgan fingerprint density at radius 3 is 2.48 bits per heavy atom. The molecular formula is C22H26N2O3. The van der Waals surface area contributed by atoms with Gasteiger partial charge in [-0.15, -0.1) is 0 Å². The number of carbonyl (C=O) groups excluding carboxylic acids is 2. The standard InChI is InChI=1S/C22H26N2O3/c1-22(2,20(25)23-14-17-9-6-7-11-19(17)27-3)21(26)24-13-12-16-8-4-5-10-18(16)15-24/h4-11H,12-15H2,1-3H3,(H,23,25). The molecule has 0 aromatic heterocycles. The van der Waals surface area contributed by atoms with Gasteiger partial charge in [-0.25, -0.2) is 0 Å². The van der Waals surface area contributed by atoms with Gasteiger partial charge in [-0.2, -0.15) is 0 Å². The van der Waals surface area contributed by atoms with Crippen LogP contribution in [-0.2, 0) is 29.1 Å². The summed E-state index contributed by atoms with van der Waals surface area (Å²) in [6, 6.07) is 15.7. The zero-order chi connectivity index (χ0) is 19.4. The first-order valence-corrected chi connectivity index (χ1v) is 9.20. The van der Waals surface area contributed by atoms with Gasteiger partial charge in [0.25, 0.3) is 0 Å². The van der Waals surface area contributed by atoms with Crippen LogP contribution in [0.25, 0.3) is 0 Å². The molecule has 0 radical (unpaired) electrons. The van der Waals surface area contributed by atoms with Crippen LogP contribution in [-0.4, -0.2) is 30.4 Å². The third kappa shape index (κ3) is 3.97. The number of ether oxygens (including phenoxy) is 1. The van der Waals surface area contributed by atoms with Crippen LogP contribution in [0.15, 0.2) is 48.5 Å². The fraction of sp³-hybridized carbons (Fsp3) is 0.364. The zero-order valence-electron chi connectivity index (χ0n) is 16.1. The number of hydrogen-bond acceptors (Lipinski definition) is 3. The fourth-order valence-corrected chi connectivity index (χ4v) is 3.41. The molecule has 2 aromatic carbocycles. The number of methoxy groups -OCH3 is 1. The largest absolute Gasteiger partial charge is 0.496 e. The lowest BCUT2D eigenvalue weighted by Gasteiger charge is -2.34. The van der Waals surface area contributed by atoms with Gasteiger partial charge in [0.05, 0.1) is 7.11 Å². The van der Waals surface area contributed by atoms with E-state index in [4.69, 9.17) is 4.74 Å². The van der Waals surface area contributed by atoms with Crippen LogP contribution >= 0.6 is 0 Å². The average Bonchev–Trinajstić information content (AvgIpc) is 2.71. The molecule has 27 heavy (non-hydrogen) atoms. The van der Waals surface area contributed by atoms with Crippen LogP contribution in [0.4, 0.5) is 0 Å². The molecular weight excluding hydrogens is 340 g/mol. The maximum Gasteiger partial charge on any atom is 0.238 e. The maximum atomic E-state index is 13.0. The molecule has 3 rings (SSSR count). The summed E-state index contributed by atoms with van der Waals surface area (Å²) in [6.45, 7) is 4.89. The highest BCUT2D eigenvalue weighted by atomic mass is 16.5. The van der Waals surface area contributed by atoms with E-state index in [-0.39, 0.29) is 11.8 Å². The molecule has 2 amide bonds. The lowest BCUT2D eigenvalue weighted by Crippen LogP contribution is -2.50. The summed E-state index contributed by atoms with van der Waals surface area (Å²) in [7, 11) is 1.60. The molecule has 5 nitrogen and oxygen atoms in total. The Balaban J connectivity index is 1.66. The van der Waals surface area contributed by atoms with Gasteiger partial charge in [0.1, 0.15) is 11.2 Å². The van der Waals surface area contributed by atoms with Crippen LogP contribution in [0, 0.1) is 5.41 Å². The first-order chi connectivity index (χ1) is 12.9. The predicted molar refractivity (Wildman–Crippen MR) is 104 cm³/mol. The SMILES string of the molecule is COc1ccccc1CNC(=O)C(C)(C)C(=O)N1CCc2ccccc2C1. The van der Waals surface area contributed by atoms with E-state index in [0.717, 1.165) is 23.3 Å². The molecule has 0 saturated carbocycles. The number of rotatable bonds is 5. The Morgan fingerprint density at radius 1 is 1.07 bits per heavy atom. The van der Waals surface area contributed by atoms with Gasteiger partial charge >= 0.3 is 0 Å². The van der Waals surface area contributed by atoms with Gasteiger partial charge in [-0.05, 0) is 37.5 Å². The van der Waals surface area contributed by atoms with Crippen molar-refractivity contribution in [1.29, 1.82) is 0 Å². The Morgan fingerprint density at radius 2 is 1.74 bits per heavy atom. The van der Waals surface area contributed by atoms with E-state index in [1.54, 1.807) is 25.9 Å². The highest BCUT2D eigenvalue weighted by molar-refractivity contribution is 6.04. The lowest BCUT2D eigenvalue weighted by atomic mass is 9.88. The molecule has 2 aromatic rings. The van der Waals surface area contributed by atoms with E-state index in [1.807, 2.05) is 42.5 Å². The number of nitrogens with zero attached hydrogens (tertiary/aromatic N) is 1. The van der Waals surface area contributed by atoms with Gasteiger partial charge in [0, 0.05) is 25.2 Å².